The highest BCUT2D eigenvalue weighted by molar-refractivity contribution is 8.18. The number of hydrogen-bond acceptors (Lipinski definition) is 6. The van der Waals surface area contributed by atoms with Crippen molar-refractivity contribution in [2.75, 3.05) is 19.6 Å². The molecule has 4 rings (SSSR count). The highest BCUT2D eigenvalue weighted by Crippen LogP contribution is 2.35. The summed E-state index contributed by atoms with van der Waals surface area (Å²) in [5, 5.41) is 4.92. The van der Waals surface area contributed by atoms with Gasteiger partial charge in [-0.05, 0) is 48.4 Å². The molecule has 1 aliphatic carbocycles. The lowest BCUT2D eigenvalue weighted by Crippen LogP contribution is -2.44. The van der Waals surface area contributed by atoms with Crippen molar-refractivity contribution in [3.63, 3.8) is 0 Å². The van der Waals surface area contributed by atoms with Crippen molar-refractivity contribution in [2.24, 2.45) is 0 Å². The minimum atomic E-state index is -0.805. The number of amides is 6. The molecule has 0 atom stereocenters. The standard InChI is InChI=1S/C22H23FN4O5S/c23-15-5-3-14(4-6-15)13-16-18(29)26(21(32)33-16)12-10-24-17(28)7-11-27-19(30)22(25-20(27)31)8-1-2-9-22/h3-6,13H,1-2,7-12H2,(H,24,28)(H,25,31)/b16-13+. The normalized spacial score (nSPS) is 20.9. The number of hydrogen-bond donors (Lipinski definition) is 2. The molecule has 11 heteroatoms. The van der Waals surface area contributed by atoms with E-state index in [-0.39, 0.29) is 36.9 Å². The molecule has 9 nitrogen and oxygen atoms in total. The van der Waals surface area contributed by atoms with Gasteiger partial charge in [0.1, 0.15) is 11.4 Å². The maximum Gasteiger partial charge on any atom is 0.325 e. The summed E-state index contributed by atoms with van der Waals surface area (Å²) in [7, 11) is 0. The predicted molar refractivity (Wildman–Crippen MR) is 118 cm³/mol. The van der Waals surface area contributed by atoms with Gasteiger partial charge < -0.3 is 10.6 Å². The number of nitrogens with one attached hydrogen (secondary N) is 2. The Kier molecular flexibility index (Phi) is 6.50. The van der Waals surface area contributed by atoms with Crippen LogP contribution in [0.25, 0.3) is 6.08 Å². The summed E-state index contributed by atoms with van der Waals surface area (Å²) >= 11 is 0.780. The molecular formula is C22H23FN4O5S. The second-order valence-corrected chi connectivity index (χ2v) is 9.15. The maximum absolute atomic E-state index is 13.0. The number of nitrogens with zero attached hydrogens (tertiary/aromatic N) is 2. The zero-order valence-corrected chi connectivity index (χ0v) is 18.6. The van der Waals surface area contributed by atoms with Crippen molar-refractivity contribution in [2.45, 2.75) is 37.6 Å². The third-order valence-corrected chi connectivity index (χ3v) is 6.87. The van der Waals surface area contributed by atoms with Crippen LogP contribution >= 0.6 is 11.8 Å². The average molecular weight is 475 g/mol. The third kappa shape index (κ3) is 4.77. The van der Waals surface area contributed by atoms with Crippen LogP contribution in [-0.2, 0) is 14.4 Å². The van der Waals surface area contributed by atoms with Gasteiger partial charge in [0.05, 0.1) is 4.91 Å². The first-order valence-corrected chi connectivity index (χ1v) is 11.5. The Bertz CT molecular complexity index is 1040. The topological polar surface area (TPSA) is 116 Å². The lowest BCUT2D eigenvalue weighted by atomic mass is 9.98. The Morgan fingerprint density at radius 1 is 1.09 bits per heavy atom. The first-order chi connectivity index (χ1) is 15.8. The molecule has 2 aliphatic heterocycles. The molecule has 174 valence electrons. The molecule has 3 fully saturated rings. The van der Waals surface area contributed by atoms with Gasteiger partial charge in [0, 0.05) is 26.1 Å². The number of imide groups is 2. The Morgan fingerprint density at radius 3 is 2.48 bits per heavy atom. The van der Waals surface area contributed by atoms with Crippen molar-refractivity contribution >= 4 is 46.8 Å². The number of carbonyl (C=O) groups excluding carboxylic acids is 5. The van der Waals surface area contributed by atoms with E-state index in [1.807, 2.05) is 0 Å². The highest BCUT2D eigenvalue weighted by Gasteiger charge is 2.52. The van der Waals surface area contributed by atoms with E-state index < -0.39 is 34.4 Å². The smallest absolute Gasteiger partial charge is 0.325 e. The number of urea groups is 1. The van der Waals surface area contributed by atoms with Gasteiger partial charge in [-0.15, -0.1) is 0 Å². The Balaban J connectivity index is 1.24. The van der Waals surface area contributed by atoms with Gasteiger partial charge in [-0.1, -0.05) is 25.0 Å². The van der Waals surface area contributed by atoms with E-state index in [2.05, 4.69) is 10.6 Å². The van der Waals surface area contributed by atoms with Crippen LogP contribution in [0.3, 0.4) is 0 Å². The van der Waals surface area contributed by atoms with Crippen LogP contribution in [0.15, 0.2) is 29.2 Å². The van der Waals surface area contributed by atoms with E-state index in [0.29, 0.717) is 18.4 Å². The summed E-state index contributed by atoms with van der Waals surface area (Å²) in [5.74, 6) is -1.55. The molecule has 1 saturated carbocycles. The van der Waals surface area contributed by atoms with E-state index in [0.717, 1.165) is 34.4 Å². The van der Waals surface area contributed by atoms with E-state index in [9.17, 15) is 28.4 Å². The summed E-state index contributed by atoms with van der Waals surface area (Å²) < 4.78 is 13.0. The third-order valence-electron chi connectivity index (χ3n) is 5.96. The SMILES string of the molecule is O=C(CCN1C(=O)NC2(CCCC2)C1=O)NCCN1C(=O)S/C(=C/c2ccc(F)cc2)C1=O. The van der Waals surface area contributed by atoms with Crippen LogP contribution in [0.4, 0.5) is 14.0 Å². The van der Waals surface area contributed by atoms with Gasteiger partial charge in [-0.2, -0.15) is 0 Å². The lowest BCUT2D eigenvalue weighted by Gasteiger charge is -2.20. The van der Waals surface area contributed by atoms with Crippen LogP contribution in [0.2, 0.25) is 0 Å². The zero-order chi connectivity index (χ0) is 23.6. The van der Waals surface area contributed by atoms with Gasteiger partial charge in [0.15, 0.2) is 0 Å². The fraction of sp³-hybridized carbons (Fsp3) is 0.409. The molecule has 2 heterocycles. The number of halogens is 1. The summed E-state index contributed by atoms with van der Waals surface area (Å²) in [6.45, 7) is 0.00835. The lowest BCUT2D eigenvalue weighted by molar-refractivity contribution is -0.131. The first kappa shape index (κ1) is 23.0. The first-order valence-electron chi connectivity index (χ1n) is 10.7. The van der Waals surface area contributed by atoms with E-state index >= 15 is 0 Å². The Hall–Kier alpha value is -3.21. The Morgan fingerprint density at radius 2 is 1.79 bits per heavy atom. The molecule has 33 heavy (non-hydrogen) atoms. The minimum absolute atomic E-state index is 0.0105. The van der Waals surface area contributed by atoms with E-state index in [1.54, 1.807) is 0 Å². The molecule has 1 aromatic rings. The second kappa shape index (κ2) is 9.34. The molecule has 0 aromatic heterocycles. The second-order valence-electron chi connectivity index (χ2n) is 8.16. The molecule has 0 unspecified atom stereocenters. The van der Waals surface area contributed by atoms with Gasteiger partial charge in [0.2, 0.25) is 5.91 Å². The van der Waals surface area contributed by atoms with Gasteiger partial charge >= 0.3 is 6.03 Å². The van der Waals surface area contributed by atoms with Crippen LogP contribution in [0, 0.1) is 5.82 Å². The maximum atomic E-state index is 13.0. The van der Waals surface area contributed by atoms with Crippen molar-refractivity contribution < 1.29 is 28.4 Å². The molecule has 1 spiro atoms. The Labute approximate surface area is 193 Å². The number of thioether (sulfide) groups is 1. The van der Waals surface area contributed by atoms with Gasteiger partial charge in [-0.3, -0.25) is 29.0 Å². The summed E-state index contributed by atoms with van der Waals surface area (Å²) in [5.41, 5.74) is -0.212. The van der Waals surface area contributed by atoms with Crippen molar-refractivity contribution in [3.8, 4) is 0 Å². The van der Waals surface area contributed by atoms with Crippen LogP contribution < -0.4 is 10.6 Å². The number of carbonyl (C=O) groups is 5. The summed E-state index contributed by atoms with van der Waals surface area (Å²) in [4.78, 5) is 63.9. The fourth-order valence-corrected chi connectivity index (χ4v) is 5.07. The molecular weight excluding hydrogens is 451 g/mol. The number of rotatable bonds is 7. The van der Waals surface area contributed by atoms with Crippen molar-refractivity contribution in [3.05, 3.63) is 40.6 Å². The molecule has 0 bridgehead atoms. The quantitative estimate of drug-likeness (QED) is 0.463. The highest BCUT2D eigenvalue weighted by atomic mass is 32.2. The molecule has 0 radical (unpaired) electrons. The van der Waals surface area contributed by atoms with Crippen LogP contribution in [0.1, 0.15) is 37.7 Å². The van der Waals surface area contributed by atoms with Crippen molar-refractivity contribution in [1.29, 1.82) is 0 Å². The minimum Gasteiger partial charge on any atom is -0.354 e. The van der Waals surface area contributed by atoms with Crippen LogP contribution in [-0.4, -0.2) is 64.0 Å². The summed E-state index contributed by atoms with van der Waals surface area (Å²) in [6, 6.07) is 5.06. The molecule has 2 saturated heterocycles. The summed E-state index contributed by atoms with van der Waals surface area (Å²) in [6.07, 6.45) is 4.45. The average Bonchev–Trinajstić information content (AvgIpc) is 3.42. The van der Waals surface area contributed by atoms with Crippen molar-refractivity contribution in [1.82, 2.24) is 20.4 Å². The van der Waals surface area contributed by atoms with E-state index in [1.165, 1.54) is 30.3 Å². The molecule has 1 aromatic carbocycles. The predicted octanol–water partition coefficient (Wildman–Crippen LogP) is 2.23. The largest absolute Gasteiger partial charge is 0.354 e. The molecule has 3 aliphatic rings. The molecule has 6 amide bonds. The van der Waals surface area contributed by atoms with E-state index in [4.69, 9.17) is 0 Å². The van der Waals surface area contributed by atoms with Gasteiger partial charge in [-0.25, -0.2) is 9.18 Å². The van der Waals surface area contributed by atoms with Gasteiger partial charge in [0.25, 0.3) is 17.1 Å². The zero-order valence-electron chi connectivity index (χ0n) is 17.8. The molecule has 2 N–H and O–H groups in total. The fourth-order valence-electron chi connectivity index (χ4n) is 4.21. The van der Waals surface area contributed by atoms with Crippen LogP contribution in [0.5, 0.6) is 0 Å². The number of benzene rings is 1. The monoisotopic (exact) mass is 474 g/mol.